The number of nitrogens with zero attached hydrogens (tertiary/aromatic N) is 1. The third-order valence-corrected chi connectivity index (χ3v) is 2.63. The van der Waals surface area contributed by atoms with Gasteiger partial charge in [-0.05, 0) is 42.8 Å². The quantitative estimate of drug-likeness (QED) is 0.899. The SMILES string of the molecule is CC[C@H](N)c1ccc(Oc2ccc(F)cc2)cn1. The van der Waals surface area contributed by atoms with Crippen LogP contribution in [-0.2, 0) is 0 Å². The molecule has 0 radical (unpaired) electrons. The van der Waals surface area contributed by atoms with Gasteiger partial charge in [0.05, 0.1) is 11.9 Å². The van der Waals surface area contributed by atoms with Crippen LogP contribution in [0.1, 0.15) is 25.1 Å². The van der Waals surface area contributed by atoms with Crippen LogP contribution < -0.4 is 10.5 Å². The molecule has 0 aliphatic heterocycles. The van der Waals surface area contributed by atoms with Crippen LogP contribution in [0, 0.1) is 5.82 Å². The molecule has 0 saturated heterocycles. The van der Waals surface area contributed by atoms with Gasteiger partial charge in [-0.2, -0.15) is 0 Å². The Morgan fingerprint density at radius 1 is 1.17 bits per heavy atom. The molecule has 2 rings (SSSR count). The zero-order valence-electron chi connectivity index (χ0n) is 10.1. The monoisotopic (exact) mass is 246 g/mol. The summed E-state index contributed by atoms with van der Waals surface area (Å²) in [5, 5.41) is 0. The molecule has 0 amide bonds. The zero-order valence-corrected chi connectivity index (χ0v) is 10.1. The van der Waals surface area contributed by atoms with Crippen LogP contribution in [-0.4, -0.2) is 4.98 Å². The maximum absolute atomic E-state index is 12.7. The van der Waals surface area contributed by atoms with Crippen molar-refractivity contribution < 1.29 is 9.13 Å². The summed E-state index contributed by atoms with van der Waals surface area (Å²) in [7, 11) is 0. The van der Waals surface area contributed by atoms with E-state index in [4.69, 9.17) is 10.5 Å². The molecule has 0 saturated carbocycles. The zero-order chi connectivity index (χ0) is 13.0. The lowest BCUT2D eigenvalue weighted by atomic mass is 10.1. The second kappa shape index (κ2) is 5.60. The maximum atomic E-state index is 12.7. The van der Waals surface area contributed by atoms with Gasteiger partial charge >= 0.3 is 0 Å². The van der Waals surface area contributed by atoms with Crippen LogP contribution in [0.4, 0.5) is 4.39 Å². The van der Waals surface area contributed by atoms with Crippen molar-refractivity contribution in [2.45, 2.75) is 19.4 Å². The Morgan fingerprint density at radius 3 is 2.39 bits per heavy atom. The fourth-order valence-electron chi connectivity index (χ4n) is 1.52. The Morgan fingerprint density at radius 2 is 1.83 bits per heavy atom. The maximum Gasteiger partial charge on any atom is 0.145 e. The first-order valence-corrected chi connectivity index (χ1v) is 5.84. The van der Waals surface area contributed by atoms with Gasteiger partial charge in [0.1, 0.15) is 17.3 Å². The fraction of sp³-hybridized carbons (Fsp3) is 0.214. The van der Waals surface area contributed by atoms with E-state index >= 15 is 0 Å². The van der Waals surface area contributed by atoms with Crippen molar-refractivity contribution in [3.8, 4) is 11.5 Å². The molecule has 18 heavy (non-hydrogen) atoms. The number of benzene rings is 1. The molecule has 0 bridgehead atoms. The molecule has 4 heteroatoms. The molecule has 0 spiro atoms. The average Bonchev–Trinajstić information content (AvgIpc) is 2.41. The Bertz CT molecular complexity index is 496. The normalized spacial score (nSPS) is 12.2. The van der Waals surface area contributed by atoms with Gasteiger partial charge in [0.15, 0.2) is 0 Å². The summed E-state index contributed by atoms with van der Waals surface area (Å²) in [6.07, 6.45) is 2.46. The molecular formula is C14H15FN2O. The molecule has 1 aromatic heterocycles. The minimum Gasteiger partial charge on any atom is -0.456 e. The predicted octanol–water partition coefficient (Wildman–Crippen LogP) is 3.42. The molecule has 2 N–H and O–H groups in total. The highest BCUT2D eigenvalue weighted by Crippen LogP contribution is 2.22. The smallest absolute Gasteiger partial charge is 0.145 e. The van der Waals surface area contributed by atoms with Crippen LogP contribution in [0.2, 0.25) is 0 Å². The first-order chi connectivity index (χ1) is 8.69. The topological polar surface area (TPSA) is 48.1 Å². The number of nitrogens with two attached hydrogens (primary N) is 1. The second-order valence-electron chi connectivity index (χ2n) is 3.99. The highest BCUT2D eigenvalue weighted by molar-refractivity contribution is 5.30. The minimum atomic E-state index is -0.287. The number of ether oxygens (including phenoxy) is 1. The van der Waals surface area contributed by atoms with Crippen LogP contribution in [0.15, 0.2) is 42.6 Å². The molecule has 2 aromatic rings. The van der Waals surface area contributed by atoms with Gasteiger partial charge in [0.25, 0.3) is 0 Å². The summed E-state index contributed by atoms with van der Waals surface area (Å²) >= 11 is 0. The van der Waals surface area contributed by atoms with Gasteiger partial charge in [-0.1, -0.05) is 6.92 Å². The number of aromatic nitrogens is 1. The first-order valence-electron chi connectivity index (χ1n) is 5.84. The van der Waals surface area contributed by atoms with Crippen molar-refractivity contribution in [1.82, 2.24) is 4.98 Å². The van der Waals surface area contributed by atoms with E-state index in [9.17, 15) is 4.39 Å². The summed E-state index contributed by atoms with van der Waals surface area (Å²) in [6.45, 7) is 2.01. The summed E-state index contributed by atoms with van der Waals surface area (Å²) in [6, 6.07) is 9.44. The second-order valence-corrected chi connectivity index (χ2v) is 3.99. The molecule has 0 fully saturated rings. The van der Waals surface area contributed by atoms with Gasteiger partial charge in [0.2, 0.25) is 0 Å². The molecule has 1 aromatic carbocycles. The molecule has 0 unspecified atom stereocenters. The van der Waals surface area contributed by atoms with Crippen molar-refractivity contribution in [3.05, 3.63) is 54.1 Å². The van der Waals surface area contributed by atoms with Gasteiger partial charge in [-0.15, -0.1) is 0 Å². The minimum absolute atomic E-state index is 0.0510. The van der Waals surface area contributed by atoms with Crippen molar-refractivity contribution >= 4 is 0 Å². The number of rotatable bonds is 4. The Labute approximate surface area is 105 Å². The third kappa shape index (κ3) is 3.05. The van der Waals surface area contributed by atoms with E-state index in [-0.39, 0.29) is 11.9 Å². The van der Waals surface area contributed by atoms with Gasteiger partial charge in [-0.25, -0.2) is 4.39 Å². The van der Waals surface area contributed by atoms with Gasteiger partial charge in [0, 0.05) is 6.04 Å². The van der Waals surface area contributed by atoms with Crippen LogP contribution in [0.25, 0.3) is 0 Å². The van der Waals surface area contributed by atoms with Crippen molar-refractivity contribution in [2.75, 3.05) is 0 Å². The molecule has 0 aliphatic carbocycles. The Balaban J connectivity index is 2.08. The van der Waals surface area contributed by atoms with Crippen molar-refractivity contribution in [2.24, 2.45) is 5.73 Å². The number of halogens is 1. The van der Waals surface area contributed by atoms with Crippen LogP contribution >= 0.6 is 0 Å². The van der Waals surface area contributed by atoms with E-state index < -0.39 is 0 Å². The fourth-order valence-corrected chi connectivity index (χ4v) is 1.52. The Kier molecular flexibility index (Phi) is 3.89. The number of pyridine rings is 1. The number of hydrogen-bond donors (Lipinski definition) is 1. The summed E-state index contributed by atoms with van der Waals surface area (Å²) in [4.78, 5) is 4.24. The van der Waals surface area contributed by atoms with E-state index in [2.05, 4.69) is 4.98 Å². The largest absolute Gasteiger partial charge is 0.456 e. The lowest BCUT2D eigenvalue weighted by molar-refractivity contribution is 0.477. The van der Waals surface area contributed by atoms with E-state index in [0.717, 1.165) is 12.1 Å². The van der Waals surface area contributed by atoms with Gasteiger partial charge < -0.3 is 10.5 Å². The molecule has 94 valence electrons. The lowest BCUT2D eigenvalue weighted by Crippen LogP contribution is -2.10. The highest BCUT2D eigenvalue weighted by atomic mass is 19.1. The van der Waals surface area contributed by atoms with E-state index in [1.54, 1.807) is 24.4 Å². The lowest BCUT2D eigenvalue weighted by Gasteiger charge is -2.09. The van der Waals surface area contributed by atoms with E-state index in [1.807, 2.05) is 13.0 Å². The van der Waals surface area contributed by atoms with E-state index in [1.165, 1.54) is 12.1 Å². The van der Waals surface area contributed by atoms with Gasteiger partial charge in [-0.3, -0.25) is 4.98 Å². The summed E-state index contributed by atoms with van der Waals surface area (Å²) in [5.41, 5.74) is 6.71. The van der Waals surface area contributed by atoms with E-state index in [0.29, 0.717) is 11.5 Å². The average molecular weight is 246 g/mol. The standard InChI is InChI=1S/C14H15FN2O/c1-2-13(16)14-8-7-12(9-17-14)18-11-5-3-10(15)4-6-11/h3-9,13H,2,16H2,1H3/t13-/m0/s1. The summed E-state index contributed by atoms with van der Waals surface area (Å²) < 4.78 is 18.3. The number of hydrogen-bond acceptors (Lipinski definition) is 3. The summed E-state index contributed by atoms with van der Waals surface area (Å²) in [5.74, 6) is 0.893. The van der Waals surface area contributed by atoms with Crippen molar-refractivity contribution in [1.29, 1.82) is 0 Å². The van der Waals surface area contributed by atoms with Crippen molar-refractivity contribution in [3.63, 3.8) is 0 Å². The molecule has 3 nitrogen and oxygen atoms in total. The first kappa shape index (κ1) is 12.5. The predicted molar refractivity (Wildman–Crippen MR) is 67.9 cm³/mol. The molecule has 1 atom stereocenters. The Hall–Kier alpha value is -1.94. The third-order valence-electron chi connectivity index (χ3n) is 2.63. The van der Waals surface area contributed by atoms with Crippen LogP contribution in [0.5, 0.6) is 11.5 Å². The molecular weight excluding hydrogens is 231 g/mol. The molecule has 1 heterocycles. The highest BCUT2D eigenvalue weighted by Gasteiger charge is 2.05. The molecule has 0 aliphatic rings. The van der Waals surface area contributed by atoms with Crippen LogP contribution in [0.3, 0.4) is 0 Å².